The third-order valence-electron chi connectivity index (χ3n) is 5.85. The van der Waals surface area contributed by atoms with Gasteiger partial charge in [0.05, 0.1) is 12.8 Å². The minimum Gasteiger partial charge on any atom is -0.468 e. The van der Waals surface area contributed by atoms with Gasteiger partial charge >= 0.3 is 0 Å². The molecule has 2 fully saturated rings. The summed E-state index contributed by atoms with van der Waals surface area (Å²) in [7, 11) is 2.18. The summed E-state index contributed by atoms with van der Waals surface area (Å²) in [5, 5.41) is 0. The number of carbonyl (C=O) groups excluding carboxylic acids is 1. The molecule has 5 heteroatoms. The van der Waals surface area contributed by atoms with Crippen molar-refractivity contribution in [1.82, 2.24) is 9.80 Å². The van der Waals surface area contributed by atoms with Crippen LogP contribution in [-0.4, -0.2) is 41.9 Å². The van der Waals surface area contributed by atoms with Crippen molar-refractivity contribution in [2.45, 2.75) is 38.8 Å². The molecule has 1 amide bonds. The topological polar surface area (TPSA) is 49.8 Å². The molecular formula is C20H26N2O3. The fourth-order valence-electron chi connectivity index (χ4n) is 4.63. The molecule has 5 nitrogen and oxygen atoms in total. The molecule has 3 atom stereocenters. The van der Waals surface area contributed by atoms with Crippen LogP contribution in [0.25, 0.3) is 0 Å². The quantitative estimate of drug-likeness (QED) is 0.852. The van der Waals surface area contributed by atoms with E-state index in [4.69, 9.17) is 8.83 Å². The Morgan fingerprint density at radius 3 is 2.88 bits per heavy atom. The minimum atomic E-state index is 0.0370. The van der Waals surface area contributed by atoms with Crippen LogP contribution in [0.1, 0.15) is 41.3 Å². The molecule has 0 N–H and O–H groups in total. The lowest BCUT2D eigenvalue weighted by Crippen LogP contribution is -2.43. The fourth-order valence-corrected chi connectivity index (χ4v) is 4.63. The second-order valence-corrected chi connectivity index (χ2v) is 7.54. The number of amides is 1. The second kappa shape index (κ2) is 6.71. The van der Waals surface area contributed by atoms with E-state index in [2.05, 4.69) is 11.9 Å². The normalized spacial score (nSPS) is 26.2. The predicted molar refractivity (Wildman–Crippen MR) is 94.1 cm³/mol. The molecule has 25 heavy (non-hydrogen) atoms. The van der Waals surface area contributed by atoms with E-state index in [1.54, 1.807) is 12.3 Å². The average Bonchev–Trinajstić information content (AvgIpc) is 3.33. The van der Waals surface area contributed by atoms with Gasteiger partial charge in [-0.2, -0.15) is 0 Å². The predicted octanol–water partition coefficient (Wildman–Crippen LogP) is 3.55. The molecule has 0 radical (unpaired) electrons. The standard InChI is InChI=1S/C20H26N2O3/c1-14-8-9-19(25-14)20(23)22-11-15-5-3-7-18(17(15)13-22)21(2)12-16-6-4-10-24-16/h4,6,8-10,15,17-18H,3,5,7,11-13H2,1-2H3. The SMILES string of the molecule is Cc1ccc(C(=O)N2CC3CCCC(N(C)Cc4ccco4)C3C2)o1. The van der Waals surface area contributed by atoms with Gasteiger partial charge in [0.1, 0.15) is 11.5 Å². The molecule has 0 aromatic carbocycles. The third kappa shape index (κ3) is 3.25. The summed E-state index contributed by atoms with van der Waals surface area (Å²) in [4.78, 5) is 17.1. The van der Waals surface area contributed by atoms with E-state index in [1.165, 1.54) is 19.3 Å². The lowest BCUT2D eigenvalue weighted by molar-refractivity contribution is 0.0735. The Kier molecular flexibility index (Phi) is 4.42. The van der Waals surface area contributed by atoms with Crippen LogP contribution in [0.2, 0.25) is 0 Å². The summed E-state index contributed by atoms with van der Waals surface area (Å²) in [6.45, 7) is 4.39. The minimum absolute atomic E-state index is 0.0370. The van der Waals surface area contributed by atoms with Gasteiger partial charge < -0.3 is 13.7 Å². The molecule has 3 heterocycles. The van der Waals surface area contributed by atoms with Gasteiger partial charge in [-0.05, 0) is 62.9 Å². The van der Waals surface area contributed by atoms with Gasteiger partial charge in [0.25, 0.3) is 5.91 Å². The lowest BCUT2D eigenvalue weighted by Gasteiger charge is -2.38. The first-order valence-corrected chi connectivity index (χ1v) is 9.20. The van der Waals surface area contributed by atoms with Crippen molar-refractivity contribution in [3.63, 3.8) is 0 Å². The first kappa shape index (κ1) is 16.5. The molecule has 1 aliphatic carbocycles. The van der Waals surface area contributed by atoms with Crippen molar-refractivity contribution < 1.29 is 13.6 Å². The smallest absolute Gasteiger partial charge is 0.289 e. The van der Waals surface area contributed by atoms with E-state index in [-0.39, 0.29) is 5.91 Å². The number of hydrogen-bond donors (Lipinski definition) is 0. The highest BCUT2D eigenvalue weighted by Gasteiger charge is 2.43. The molecule has 0 bridgehead atoms. The Morgan fingerprint density at radius 2 is 2.16 bits per heavy atom. The highest BCUT2D eigenvalue weighted by atomic mass is 16.4. The summed E-state index contributed by atoms with van der Waals surface area (Å²) in [6.07, 6.45) is 5.38. The van der Waals surface area contributed by atoms with E-state index >= 15 is 0 Å². The van der Waals surface area contributed by atoms with E-state index in [0.29, 0.717) is 23.6 Å². The Morgan fingerprint density at radius 1 is 1.28 bits per heavy atom. The van der Waals surface area contributed by atoms with Crippen LogP contribution in [-0.2, 0) is 6.54 Å². The molecule has 1 aliphatic heterocycles. The maximum atomic E-state index is 12.7. The highest BCUT2D eigenvalue weighted by Crippen LogP contribution is 2.39. The number of rotatable bonds is 4. The van der Waals surface area contributed by atoms with Crippen molar-refractivity contribution in [1.29, 1.82) is 0 Å². The Hall–Kier alpha value is -2.01. The highest BCUT2D eigenvalue weighted by molar-refractivity contribution is 5.91. The van der Waals surface area contributed by atoms with Crippen molar-refractivity contribution in [3.8, 4) is 0 Å². The van der Waals surface area contributed by atoms with Crippen LogP contribution in [0, 0.1) is 18.8 Å². The zero-order valence-electron chi connectivity index (χ0n) is 15.0. The van der Waals surface area contributed by atoms with E-state index in [9.17, 15) is 4.79 Å². The van der Waals surface area contributed by atoms with Gasteiger partial charge in [0.15, 0.2) is 5.76 Å². The van der Waals surface area contributed by atoms with Gasteiger partial charge in [-0.3, -0.25) is 9.69 Å². The molecule has 0 spiro atoms. The number of furan rings is 2. The summed E-state index contributed by atoms with van der Waals surface area (Å²) in [5.41, 5.74) is 0. The zero-order chi connectivity index (χ0) is 17.4. The average molecular weight is 342 g/mol. The molecule has 1 saturated heterocycles. The van der Waals surface area contributed by atoms with Crippen LogP contribution < -0.4 is 0 Å². The molecule has 3 unspecified atom stereocenters. The van der Waals surface area contributed by atoms with Crippen molar-refractivity contribution in [3.05, 3.63) is 47.8 Å². The van der Waals surface area contributed by atoms with Gasteiger partial charge in [-0.1, -0.05) is 6.42 Å². The molecule has 1 saturated carbocycles. The number of aryl methyl sites for hydroxylation is 1. The molecular weight excluding hydrogens is 316 g/mol. The number of fused-ring (bicyclic) bond motifs is 1. The third-order valence-corrected chi connectivity index (χ3v) is 5.85. The van der Waals surface area contributed by atoms with Gasteiger partial charge in [-0.25, -0.2) is 0 Å². The fraction of sp³-hybridized carbons (Fsp3) is 0.550. The zero-order valence-corrected chi connectivity index (χ0v) is 15.0. The first-order valence-electron chi connectivity index (χ1n) is 9.20. The molecule has 2 aromatic rings. The Bertz CT molecular complexity index is 721. The lowest BCUT2D eigenvalue weighted by atomic mass is 9.77. The maximum Gasteiger partial charge on any atom is 0.289 e. The summed E-state index contributed by atoms with van der Waals surface area (Å²) >= 11 is 0. The van der Waals surface area contributed by atoms with Crippen LogP contribution >= 0.6 is 0 Å². The first-order chi connectivity index (χ1) is 12.1. The number of carbonyl (C=O) groups is 1. The Balaban J connectivity index is 1.45. The summed E-state index contributed by atoms with van der Waals surface area (Å²) in [6, 6.07) is 8.12. The van der Waals surface area contributed by atoms with E-state index in [1.807, 2.05) is 30.0 Å². The summed E-state index contributed by atoms with van der Waals surface area (Å²) < 4.78 is 11.0. The van der Waals surface area contributed by atoms with Crippen LogP contribution in [0.3, 0.4) is 0 Å². The van der Waals surface area contributed by atoms with Crippen molar-refractivity contribution in [2.24, 2.45) is 11.8 Å². The van der Waals surface area contributed by atoms with Crippen LogP contribution in [0.4, 0.5) is 0 Å². The van der Waals surface area contributed by atoms with Gasteiger partial charge in [-0.15, -0.1) is 0 Å². The maximum absolute atomic E-state index is 12.7. The van der Waals surface area contributed by atoms with Crippen LogP contribution in [0.5, 0.6) is 0 Å². The van der Waals surface area contributed by atoms with Crippen molar-refractivity contribution in [2.75, 3.05) is 20.1 Å². The van der Waals surface area contributed by atoms with E-state index < -0.39 is 0 Å². The molecule has 2 aromatic heterocycles. The van der Waals surface area contributed by atoms with Gasteiger partial charge in [0, 0.05) is 19.1 Å². The molecule has 134 valence electrons. The second-order valence-electron chi connectivity index (χ2n) is 7.54. The summed E-state index contributed by atoms with van der Waals surface area (Å²) in [5.74, 6) is 3.43. The largest absolute Gasteiger partial charge is 0.468 e. The Labute approximate surface area is 148 Å². The van der Waals surface area contributed by atoms with Crippen LogP contribution in [0.15, 0.2) is 39.4 Å². The molecule has 4 rings (SSSR count). The monoisotopic (exact) mass is 342 g/mol. The number of hydrogen-bond acceptors (Lipinski definition) is 4. The molecule has 2 aliphatic rings. The van der Waals surface area contributed by atoms with Gasteiger partial charge in [0.2, 0.25) is 0 Å². The number of nitrogens with zero attached hydrogens (tertiary/aromatic N) is 2. The number of likely N-dealkylation sites (tertiary alicyclic amines) is 1. The van der Waals surface area contributed by atoms with E-state index in [0.717, 1.165) is 31.2 Å². The van der Waals surface area contributed by atoms with Crippen molar-refractivity contribution >= 4 is 5.91 Å².